The van der Waals surface area contributed by atoms with E-state index in [4.69, 9.17) is 23.2 Å². The third kappa shape index (κ3) is 1.89. The first-order valence-corrected chi connectivity index (χ1v) is 5.12. The molecule has 1 heterocycles. The van der Waals surface area contributed by atoms with E-state index in [9.17, 15) is 0 Å². The summed E-state index contributed by atoms with van der Waals surface area (Å²) in [7, 11) is 0. The molecule has 70 valence electrons. The molecule has 0 amide bonds. The van der Waals surface area contributed by atoms with E-state index in [1.54, 1.807) is 6.20 Å². The van der Waals surface area contributed by atoms with Crippen LogP contribution in [0.15, 0.2) is 18.3 Å². The molecule has 1 aromatic heterocycles. The Balaban J connectivity index is 2.14. The van der Waals surface area contributed by atoms with Gasteiger partial charge in [0.25, 0.3) is 0 Å². The van der Waals surface area contributed by atoms with Crippen molar-refractivity contribution in [1.82, 2.24) is 4.98 Å². The molecule has 0 unspecified atom stereocenters. The summed E-state index contributed by atoms with van der Waals surface area (Å²) in [6, 6.07) is 3.63. The quantitative estimate of drug-likeness (QED) is 0.787. The van der Waals surface area contributed by atoms with Crippen LogP contribution in [-0.2, 0) is 0 Å². The maximum atomic E-state index is 5.95. The zero-order valence-corrected chi connectivity index (χ0v) is 8.57. The smallest absolute Gasteiger partial charge is 0.145 e. The average molecular weight is 217 g/mol. The topological polar surface area (TPSA) is 24.9 Å². The molecule has 2 rings (SSSR count). The first-order chi connectivity index (χ1) is 6.26. The molecule has 0 aliphatic heterocycles. The summed E-state index contributed by atoms with van der Waals surface area (Å²) in [5, 5.41) is 3.92. The van der Waals surface area contributed by atoms with Crippen LogP contribution in [0.5, 0.6) is 0 Å². The number of nitrogens with zero attached hydrogens (tertiary/aromatic N) is 1. The summed E-state index contributed by atoms with van der Waals surface area (Å²) in [4.78, 5) is 4.15. The molecule has 0 saturated heterocycles. The second-order valence-corrected chi connectivity index (χ2v) is 4.05. The molecular weight excluding hydrogens is 207 g/mol. The highest BCUT2D eigenvalue weighted by atomic mass is 35.5. The molecule has 0 spiro atoms. The van der Waals surface area contributed by atoms with Crippen molar-refractivity contribution >= 4 is 29.0 Å². The van der Waals surface area contributed by atoms with Crippen molar-refractivity contribution in [3.05, 3.63) is 23.4 Å². The number of alkyl halides is 1. The van der Waals surface area contributed by atoms with Crippen LogP contribution in [-0.4, -0.2) is 16.4 Å². The number of rotatable bonds is 3. The largest absolute Gasteiger partial charge is 0.362 e. The van der Waals surface area contributed by atoms with Crippen molar-refractivity contribution in [3.8, 4) is 0 Å². The predicted molar refractivity (Wildman–Crippen MR) is 55.6 cm³/mol. The number of aromatic nitrogens is 1. The van der Waals surface area contributed by atoms with E-state index in [1.807, 2.05) is 12.1 Å². The Morgan fingerprint density at radius 3 is 2.85 bits per heavy atom. The Labute approximate surface area is 87.3 Å². The number of anilines is 1. The number of nitrogens with one attached hydrogen (secondary N) is 1. The third-order valence-electron chi connectivity index (χ3n) is 2.25. The van der Waals surface area contributed by atoms with E-state index in [0.29, 0.717) is 10.9 Å². The average Bonchev–Trinajstić information content (AvgIpc) is 2.90. The molecule has 13 heavy (non-hydrogen) atoms. The zero-order valence-electron chi connectivity index (χ0n) is 7.06. The van der Waals surface area contributed by atoms with Crippen molar-refractivity contribution in [1.29, 1.82) is 0 Å². The second kappa shape index (κ2) is 3.35. The lowest BCUT2D eigenvalue weighted by Crippen LogP contribution is -2.23. The first-order valence-electron chi connectivity index (χ1n) is 4.20. The van der Waals surface area contributed by atoms with Crippen molar-refractivity contribution in [2.24, 2.45) is 0 Å². The van der Waals surface area contributed by atoms with Crippen LogP contribution < -0.4 is 5.32 Å². The van der Waals surface area contributed by atoms with Gasteiger partial charge in [-0.1, -0.05) is 11.6 Å². The van der Waals surface area contributed by atoms with Gasteiger partial charge in [0.2, 0.25) is 0 Å². The van der Waals surface area contributed by atoms with E-state index in [2.05, 4.69) is 10.3 Å². The summed E-state index contributed by atoms with van der Waals surface area (Å²) in [5.74, 6) is 1.35. The Morgan fingerprint density at radius 2 is 2.31 bits per heavy atom. The summed E-state index contributed by atoms with van der Waals surface area (Å²) in [6.07, 6.45) is 3.92. The highest BCUT2D eigenvalue weighted by molar-refractivity contribution is 6.32. The van der Waals surface area contributed by atoms with Crippen LogP contribution in [0.1, 0.15) is 12.8 Å². The number of hydrogen-bond acceptors (Lipinski definition) is 2. The Hall–Kier alpha value is -0.470. The van der Waals surface area contributed by atoms with Crippen molar-refractivity contribution in [2.75, 3.05) is 11.2 Å². The van der Waals surface area contributed by atoms with Gasteiger partial charge in [0, 0.05) is 12.1 Å². The van der Waals surface area contributed by atoms with Crippen LogP contribution >= 0.6 is 23.2 Å². The van der Waals surface area contributed by atoms with Crippen LogP contribution in [0.25, 0.3) is 0 Å². The molecule has 4 heteroatoms. The van der Waals surface area contributed by atoms with Gasteiger partial charge in [0.15, 0.2) is 0 Å². The van der Waals surface area contributed by atoms with E-state index in [1.165, 1.54) is 0 Å². The lowest BCUT2D eigenvalue weighted by atomic mass is 10.3. The van der Waals surface area contributed by atoms with E-state index in [-0.39, 0.29) is 5.54 Å². The SMILES string of the molecule is ClCC1(Nc2ncccc2Cl)CC1. The highest BCUT2D eigenvalue weighted by Crippen LogP contribution is 2.40. The summed E-state index contributed by atoms with van der Waals surface area (Å²) in [6.45, 7) is 0. The second-order valence-electron chi connectivity index (χ2n) is 3.37. The summed E-state index contributed by atoms with van der Waals surface area (Å²) < 4.78 is 0. The van der Waals surface area contributed by atoms with Gasteiger partial charge in [-0.05, 0) is 25.0 Å². The molecule has 1 aliphatic carbocycles. The van der Waals surface area contributed by atoms with E-state index >= 15 is 0 Å². The minimum atomic E-state index is 0.0551. The molecule has 1 aromatic rings. The monoisotopic (exact) mass is 216 g/mol. The Kier molecular flexibility index (Phi) is 2.35. The minimum absolute atomic E-state index is 0.0551. The number of hydrogen-bond donors (Lipinski definition) is 1. The van der Waals surface area contributed by atoms with Gasteiger partial charge in [-0.25, -0.2) is 4.98 Å². The van der Waals surface area contributed by atoms with Crippen LogP contribution in [0.3, 0.4) is 0 Å². The fraction of sp³-hybridized carbons (Fsp3) is 0.444. The molecule has 0 radical (unpaired) electrons. The molecular formula is C9H10Cl2N2. The number of pyridine rings is 1. The molecule has 1 aliphatic rings. The van der Waals surface area contributed by atoms with Gasteiger partial charge in [-0.15, -0.1) is 11.6 Å². The Morgan fingerprint density at radius 1 is 1.54 bits per heavy atom. The zero-order chi connectivity index (χ0) is 9.31. The van der Waals surface area contributed by atoms with Crippen LogP contribution in [0.2, 0.25) is 5.02 Å². The van der Waals surface area contributed by atoms with E-state index in [0.717, 1.165) is 18.7 Å². The van der Waals surface area contributed by atoms with Gasteiger partial charge < -0.3 is 5.32 Å². The third-order valence-corrected chi connectivity index (χ3v) is 3.07. The van der Waals surface area contributed by atoms with Crippen LogP contribution in [0, 0.1) is 0 Å². The lowest BCUT2D eigenvalue weighted by molar-refractivity contribution is 0.829. The van der Waals surface area contributed by atoms with Gasteiger partial charge in [-0.3, -0.25) is 0 Å². The molecule has 0 atom stereocenters. The molecule has 2 nitrogen and oxygen atoms in total. The van der Waals surface area contributed by atoms with Gasteiger partial charge in [0.05, 0.1) is 10.6 Å². The van der Waals surface area contributed by atoms with Gasteiger partial charge >= 0.3 is 0 Å². The number of halogens is 2. The van der Waals surface area contributed by atoms with Gasteiger partial charge in [0.1, 0.15) is 5.82 Å². The molecule has 1 saturated carbocycles. The standard InChI is InChI=1S/C9H10Cl2N2/c10-6-9(3-4-9)13-8-7(11)2-1-5-12-8/h1-2,5H,3-4,6H2,(H,12,13). The predicted octanol–water partition coefficient (Wildman–Crippen LogP) is 2.92. The van der Waals surface area contributed by atoms with Gasteiger partial charge in [-0.2, -0.15) is 0 Å². The Bertz CT molecular complexity index is 310. The van der Waals surface area contributed by atoms with Crippen molar-refractivity contribution in [3.63, 3.8) is 0 Å². The fourth-order valence-corrected chi connectivity index (χ4v) is 1.67. The van der Waals surface area contributed by atoms with Crippen molar-refractivity contribution in [2.45, 2.75) is 18.4 Å². The molecule has 0 aromatic carbocycles. The molecule has 0 bridgehead atoms. The first kappa shape index (κ1) is 9.10. The molecule has 1 fully saturated rings. The minimum Gasteiger partial charge on any atom is -0.362 e. The maximum Gasteiger partial charge on any atom is 0.145 e. The van der Waals surface area contributed by atoms with E-state index < -0.39 is 0 Å². The fourth-order valence-electron chi connectivity index (χ4n) is 1.17. The normalized spacial score (nSPS) is 18.3. The summed E-state index contributed by atoms with van der Waals surface area (Å²) >= 11 is 11.8. The lowest BCUT2D eigenvalue weighted by Gasteiger charge is -2.15. The van der Waals surface area contributed by atoms with Crippen molar-refractivity contribution < 1.29 is 0 Å². The maximum absolute atomic E-state index is 5.95. The molecule has 1 N–H and O–H groups in total. The van der Waals surface area contributed by atoms with Crippen LogP contribution in [0.4, 0.5) is 5.82 Å². The highest BCUT2D eigenvalue weighted by Gasteiger charge is 2.42. The summed E-state index contributed by atoms with van der Waals surface area (Å²) in [5.41, 5.74) is 0.0551.